The number of sulfone groups is 1. The number of rotatable bonds is 11. The monoisotopic (exact) mass is 452 g/mol. The number of fused-ring (bicyclic) bond motifs is 1. The Balaban J connectivity index is 1.88. The highest BCUT2D eigenvalue weighted by Gasteiger charge is 2.37. The maximum absolute atomic E-state index is 12.9. The summed E-state index contributed by atoms with van der Waals surface area (Å²) in [7, 11) is -2.56. The van der Waals surface area contributed by atoms with Crippen molar-refractivity contribution in [3.63, 3.8) is 0 Å². The SMILES string of the molecule is COCCS(=O)(=O)C(C(=O)NCC(=O)CC1CC1)c1nc2cc(C(C)=O)ccc2s1. The van der Waals surface area contributed by atoms with Gasteiger partial charge >= 0.3 is 0 Å². The molecule has 1 aliphatic carbocycles. The van der Waals surface area contributed by atoms with Crippen LogP contribution in [-0.4, -0.2) is 56.9 Å². The summed E-state index contributed by atoms with van der Waals surface area (Å²) >= 11 is 1.08. The fraction of sp³-hybridized carbons (Fsp3) is 0.500. The minimum absolute atomic E-state index is 0.0634. The highest BCUT2D eigenvalue weighted by atomic mass is 32.2. The van der Waals surface area contributed by atoms with Gasteiger partial charge in [-0.15, -0.1) is 11.3 Å². The number of ether oxygens (including phenoxy) is 1. The van der Waals surface area contributed by atoms with Gasteiger partial charge in [-0.1, -0.05) is 0 Å². The quantitative estimate of drug-likeness (QED) is 0.518. The zero-order valence-electron chi connectivity index (χ0n) is 16.8. The van der Waals surface area contributed by atoms with Crippen LogP contribution < -0.4 is 5.32 Å². The molecule has 1 aliphatic rings. The lowest BCUT2D eigenvalue weighted by Crippen LogP contribution is -2.38. The van der Waals surface area contributed by atoms with Crippen LogP contribution in [-0.2, 0) is 24.2 Å². The molecule has 10 heteroatoms. The molecule has 0 spiro atoms. The Hall–Kier alpha value is -2.17. The van der Waals surface area contributed by atoms with Crippen LogP contribution >= 0.6 is 11.3 Å². The first-order valence-electron chi connectivity index (χ1n) is 9.62. The molecule has 0 bridgehead atoms. The lowest BCUT2D eigenvalue weighted by Gasteiger charge is -2.15. The van der Waals surface area contributed by atoms with E-state index >= 15 is 0 Å². The predicted molar refractivity (Wildman–Crippen MR) is 113 cm³/mol. The largest absolute Gasteiger partial charge is 0.384 e. The van der Waals surface area contributed by atoms with E-state index in [0.717, 1.165) is 24.2 Å². The van der Waals surface area contributed by atoms with Crippen LogP contribution in [0.3, 0.4) is 0 Å². The summed E-state index contributed by atoms with van der Waals surface area (Å²) in [5, 5.41) is 1.04. The van der Waals surface area contributed by atoms with Crippen molar-refractivity contribution in [2.45, 2.75) is 31.4 Å². The predicted octanol–water partition coefficient (Wildman–Crippen LogP) is 2.09. The molecular weight excluding hydrogens is 428 g/mol. The van der Waals surface area contributed by atoms with E-state index in [9.17, 15) is 22.8 Å². The van der Waals surface area contributed by atoms with Crippen molar-refractivity contribution in [1.29, 1.82) is 0 Å². The van der Waals surface area contributed by atoms with Gasteiger partial charge in [0.1, 0.15) is 5.01 Å². The Labute approximate surface area is 178 Å². The van der Waals surface area contributed by atoms with Gasteiger partial charge in [0.15, 0.2) is 26.7 Å². The molecule has 1 amide bonds. The summed E-state index contributed by atoms with van der Waals surface area (Å²) in [6, 6.07) is 4.90. The fourth-order valence-corrected chi connectivity index (χ4v) is 5.93. The summed E-state index contributed by atoms with van der Waals surface area (Å²) in [4.78, 5) is 40.8. The third-order valence-corrected chi connectivity index (χ3v) is 8.02. The van der Waals surface area contributed by atoms with Gasteiger partial charge in [-0.25, -0.2) is 13.4 Å². The van der Waals surface area contributed by atoms with Crippen LogP contribution in [0.25, 0.3) is 10.2 Å². The van der Waals surface area contributed by atoms with Crippen LogP contribution in [0, 0.1) is 5.92 Å². The van der Waals surface area contributed by atoms with E-state index in [4.69, 9.17) is 4.74 Å². The number of ketones is 2. The Morgan fingerprint density at radius 3 is 2.67 bits per heavy atom. The molecule has 30 heavy (non-hydrogen) atoms. The number of methoxy groups -OCH3 is 1. The molecule has 162 valence electrons. The molecule has 8 nitrogen and oxygen atoms in total. The minimum Gasteiger partial charge on any atom is -0.384 e. The van der Waals surface area contributed by atoms with Crippen molar-refractivity contribution < 1.29 is 27.5 Å². The highest BCUT2D eigenvalue weighted by molar-refractivity contribution is 7.92. The van der Waals surface area contributed by atoms with Crippen LogP contribution in [0.15, 0.2) is 18.2 Å². The summed E-state index contributed by atoms with van der Waals surface area (Å²) in [5.74, 6) is -1.000. The average molecular weight is 453 g/mol. The second kappa shape index (κ2) is 9.32. The molecule has 1 atom stereocenters. The molecule has 0 aliphatic heterocycles. The molecule has 1 saturated carbocycles. The number of nitrogens with one attached hydrogen (secondary N) is 1. The van der Waals surface area contributed by atoms with Gasteiger partial charge in [0.05, 0.1) is 29.1 Å². The zero-order valence-corrected chi connectivity index (χ0v) is 18.5. The topological polar surface area (TPSA) is 120 Å². The number of aromatic nitrogens is 1. The number of carbonyl (C=O) groups excluding carboxylic acids is 3. The van der Waals surface area contributed by atoms with Crippen LogP contribution in [0.1, 0.15) is 46.8 Å². The number of nitrogens with zero attached hydrogens (tertiary/aromatic N) is 1. The summed E-state index contributed by atoms with van der Waals surface area (Å²) in [6.45, 7) is 1.16. The van der Waals surface area contributed by atoms with Crippen LogP contribution in [0.5, 0.6) is 0 Å². The first kappa shape index (κ1) is 22.5. The smallest absolute Gasteiger partial charge is 0.245 e. The Kier molecular flexibility index (Phi) is 6.99. The van der Waals surface area contributed by atoms with Gasteiger partial charge in [-0.3, -0.25) is 14.4 Å². The molecule has 1 fully saturated rings. The number of carbonyl (C=O) groups is 3. The number of amides is 1. The molecule has 0 saturated heterocycles. The van der Waals surface area contributed by atoms with Crippen molar-refractivity contribution in [3.8, 4) is 0 Å². The molecule has 3 rings (SSSR count). The van der Waals surface area contributed by atoms with E-state index in [-0.39, 0.29) is 35.5 Å². The Morgan fingerprint density at radius 2 is 2.03 bits per heavy atom. The van der Waals surface area contributed by atoms with Crippen molar-refractivity contribution in [2.24, 2.45) is 5.92 Å². The van der Waals surface area contributed by atoms with Crippen molar-refractivity contribution in [1.82, 2.24) is 10.3 Å². The van der Waals surface area contributed by atoms with Crippen LogP contribution in [0.4, 0.5) is 0 Å². The first-order chi connectivity index (χ1) is 14.2. The second-order valence-electron chi connectivity index (χ2n) is 7.43. The van der Waals surface area contributed by atoms with Gasteiger partial charge in [-0.05, 0) is 43.9 Å². The molecular formula is C20H24N2O6S2. The third kappa shape index (κ3) is 5.50. The third-order valence-electron chi connectivity index (χ3n) is 4.88. The van der Waals surface area contributed by atoms with Gasteiger partial charge in [-0.2, -0.15) is 0 Å². The molecule has 1 unspecified atom stereocenters. The van der Waals surface area contributed by atoms with E-state index < -0.39 is 21.0 Å². The molecule has 2 aromatic rings. The Morgan fingerprint density at radius 1 is 1.30 bits per heavy atom. The summed E-state index contributed by atoms with van der Waals surface area (Å²) < 4.78 is 31.3. The normalized spacial score (nSPS) is 15.1. The maximum Gasteiger partial charge on any atom is 0.245 e. The lowest BCUT2D eigenvalue weighted by atomic mass is 10.1. The van der Waals surface area contributed by atoms with Crippen molar-refractivity contribution in [2.75, 3.05) is 26.0 Å². The molecule has 1 N–H and O–H groups in total. The molecule has 1 aromatic heterocycles. The number of Topliss-reactive ketones (excluding diaryl/α,β-unsaturated/α-hetero) is 2. The molecule has 1 heterocycles. The zero-order chi connectivity index (χ0) is 21.9. The maximum atomic E-state index is 12.9. The molecule has 1 aromatic carbocycles. The van der Waals surface area contributed by atoms with Gasteiger partial charge in [0.2, 0.25) is 5.91 Å². The average Bonchev–Trinajstić information content (AvgIpc) is 3.40. The van der Waals surface area contributed by atoms with E-state index in [0.29, 0.717) is 28.1 Å². The summed E-state index contributed by atoms with van der Waals surface area (Å²) in [6.07, 6.45) is 2.43. The minimum atomic E-state index is -3.94. The second-order valence-corrected chi connectivity index (χ2v) is 10.7. The Bertz CT molecular complexity index is 1070. The number of hydrogen-bond donors (Lipinski definition) is 1. The first-order valence-corrected chi connectivity index (χ1v) is 12.2. The van der Waals surface area contributed by atoms with Gasteiger partial charge < -0.3 is 10.1 Å². The van der Waals surface area contributed by atoms with Gasteiger partial charge in [0, 0.05) is 19.1 Å². The molecule has 0 radical (unpaired) electrons. The number of benzene rings is 1. The van der Waals surface area contributed by atoms with Gasteiger partial charge in [0.25, 0.3) is 0 Å². The highest BCUT2D eigenvalue weighted by Crippen LogP contribution is 2.33. The van der Waals surface area contributed by atoms with E-state index in [1.54, 1.807) is 18.2 Å². The van der Waals surface area contributed by atoms with E-state index in [2.05, 4.69) is 10.3 Å². The fourth-order valence-electron chi connectivity index (χ4n) is 3.02. The number of hydrogen-bond acceptors (Lipinski definition) is 8. The number of thiazole rings is 1. The van der Waals surface area contributed by atoms with Crippen LogP contribution in [0.2, 0.25) is 0 Å². The lowest BCUT2D eigenvalue weighted by molar-refractivity contribution is -0.125. The summed E-state index contributed by atoms with van der Waals surface area (Å²) in [5.41, 5.74) is 0.903. The van der Waals surface area contributed by atoms with E-state index in [1.807, 2.05) is 0 Å². The van der Waals surface area contributed by atoms with Crippen molar-refractivity contribution >= 4 is 48.9 Å². The standard InChI is InChI=1S/C20H24N2O6S2/c1-12(23)14-5-6-17-16(10-14)22-20(29-17)18(30(26,27)8-7-28-2)19(25)21-11-15(24)9-13-3-4-13/h5-6,10,13,18H,3-4,7-9,11H2,1-2H3,(H,21,25). The van der Waals surface area contributed by atoms with E-state index in [1.165, 1.54) is 14.0 Å². The van der Waals surface area contributed by atoms with Crippen molar-refractivity contribution in [3.05, 3.63) is 28.8 Å².